The molecule has 0 radical (unpaired) electrons. The van der Waals surface area contributed by atoms with Crippen molar-refractivity contribution in [2.45, 2.75) is 46.6 Å². The maximum Gasteiger partial charge on any atom is 0.202 e. The second-order valence-electron chi connectivity index (χ2n) is 7.85. The summed E-state index contributed by atoms with van der Waals surface area (Å²) < 4.78 is 5.95. The van der Waals surface area contributed by atoms with Gasteiger partial charge in [-0.15, -0.1) is 11.3 Å². The number of hydrogen-bond donors (Lipinski definition) is 1. The van der Waals surface area contributed by atoms with E-state index in [0.717, 1.165) is 36.3 Å². The average molecular weight is 399 g/mol. The van der Waals surface area contributed by atoms with Gasteiger partial charge in [0.2, 0.25) is 5.43 Å². The van der Waals surface area contributed by atoms with Gasteiger partial charge in [-0.1, -0.05) is 13.8 Å². The third-order valence-electron chi connectivity index (χ3n) is 5.56. The van der Waals surface area contributed by atoms with Gasteiger partial charge >= 0.3 is 0 Å². The summed E-state index contributed by atoms with van der Waals surface area (Å²) in [4.78, 5) is 20.0. The van der Waals surface area contributed by atoms with Crippen molar-refractivity contribution in [1.29, 1.82) is 0 Å². The predicted molar refractivity (Wildman–Crippen MR) is 113 cm³/mol. The van der Waals surface area contributed by atoms with Gasteiger partial charge in [0.05, 0.1) is 16.5 Å². The molecule has 1 atom stereocenters. The lowest BCUT2D eigenvalue weighted by molar-refractivity contribution is 0.175. The van der Waals surface area contributed by atoms with E-state index in [4.69, 9.17) is 4.42 Å². The van der Waals surface area contributed by atoms with Gasteiger partial charge in [0.1, 0.15) is 22.6 Å². The predicted octanol–water partition coefficient (Wildman–Crippen LogP) is 4.72. The van der Waals surface area contributed by atoms with E-state index in [9.17, 15) is 9.90 Å². The molecule has 1 unspecified atom stereocenters. The van der Waals surface area contributed by atoms with E-state index in [2.05, 4.69) is 16.8 Å². The lowest BCUT2D eigenvalue weighted by Crippen LogP contribution is -2.33. The van der Waals surface area contributed by atoms with Crippen LogP contribution in [0.25, 0.3) is 21.5 Å². The number of piperidine rings is 1. The minimum Gasteiger partial charge on any atom is -0.507 e. The molecular weight excluding hydrogens is 372 g/mol. The van der Waals surface area contributed by atoms with Crippen molar-refractivity contribution >= 4 is 22.3 Å². The number of nitrogens with zero attached hydrogens (tertiary/aromatic N) is 2. The third kappa shape index (κ3) is 3.47. The normalized spacial score (nSPS) is 18.0. The molecular formula is C22H26N2O3S. The highest BCUT2D eigenvalue weighted by atomic mass is 32.1. The van der Waals surface area contributed by atoms with Crippen LogP contribution in [-0.2, 0) is 13.0 Å². The molecule has 1 aliphatic rings. The summed E-state index contributed by atoms with van der Waals surface area (Å²) in [7, 11) is 0. The number of phenolic OH excluding ortho intramolecular Hbond substituents is 1. The molecule has 1 aliphatic heterocycles. The summed E-state index contributed by atoms with van der Waals surface area (Å²) in [5.74, 6) is 0.900. The maximum atomic E-state index is 13.2. The van der Waals surface area contributed by atoms with E-state index in [1.165, 1.54) is 24.0 Å². The fourth-order valence-electron chi connectivity index (χ4n) is 4.09. The SMILES string of the molecule is CCc1cc2c(=O)c(-c3nc(C)cs3)coc2c(CN2CCCC(C)C2)c1O. The number of benzene rings is 1. The standard InChI is InChI=1S/C22H26N2O3S/c1-4-15-8-16-20(26)18(22-23-14(3)12-28-22)11-27-21(16)17(19(15)25)10-24-7-5-6-13(2)9-24/h8,11-13,25H,4-7,9-10H2,1-3H3. The molecule has 2 aromatic heterocycles. The van der Waals surface area contributed by atoms with Gasteiger partial charge in [0, 0.05) is 24.2 Å². The van der Waals surface area contributed by atoms with Crippen molar-refractivity contribution in [3.05, 3.63) is 44.8 Å². The van der Waals surface area contributed by atoms with Crippen molar-refractivity contribution in [2.24, 2.45) is 5.92 Å². The average Bonchev–Trinajstić information content (AvgIpc) is 3.10. The first kappa shape index (κ1) is 19.2. The Balaban J connectivity index is 1.85. The zero-order valence-electron chi connectivity index (χ0n) is 16.6. The van der Waals surface area contributed by atoms with Crippen molar-refractivity contribution in [2.75, 3.05) is 13.1 Å². The Morgan fingerprint density at radius 2 is 2.25 bits per heavy atom. The van der Waals surface area contributed by atoms with Crippen LogP contribution in [0.1, 0.15) is 43.5 Å². The monoisotopic (exact) mass is 398 g/mol. The second-order valence-corrected chi connectivity index (χ2v) is 8.71. The summed E-state index contributed by atoms with van der Waals surface area (Å²) in [5, 5.41) is 14.0. The van der Waals surface area contributed by atoms with Crippen LogP contribution in [0.15, 0.2) is 26.9 Å². The van der Waals surface area contributed by atoms with Crippen LogP contribution in [0.2, 0.25) is 0 Å². The summed E-state index contributed by atoms with van der Waals surface area (Å²) >= 11 is 1.44. The quantitative estimate of drug-likeness (QED) is 0.688. The van der Waals surface area contributed by atoms with Crippen molar-refractivity contribution in [3.8, 4) is 16.3 Å². The first-order valence-corrected chi connectivity index (χ1v) is 10.8. The van der Waals surface area contributed by atoms with Gasteiger partial charge in [-0.25, -0.2) is 4.98 Å². The van der Waals surface area contributed by atoms with E-state index in [0.29, 0.717) is 40.4 Å². The van der Waals surface area contributed by atoms with Crippen LogP contribution >= 0.6 is 11.3 Å². The molecule has 0 saturated carbocycles. The van der Waals surface area contributed by atoms with Crippen molar-refractivity contribution in [3.63, 3.8) is 0 Å². The molecule has 5 nitrogen and oxygen atoms in total. The number of aromatic hydroxyl groups is 1. The van der Waals surface area contributed by atoms with E-state index < -0.39 is 0 Å². The molecule has 3 aromatic rings. The van der Waals surface area contributed by atoms with E-state index in [-0.39, 0.29) is 11.2 Å². The number of aromatic nitrogens is 1. The third-order valence-corrected chi connectivity index (χ3v) is 6.56. The topological polar surface area (TPSA) is 66.6 Å². The Morgan fingerprint density at radius 1 is 1.43 bits per heavy atom. The Labute approximate surface area is 168 Å². The van der Waals surface area contributed by atoms with Gasteiger partial charge < -0.3 is 9.52 Å². The van der Waals surface area contributed by atoms with Gasteiger partial charge in [-0.3, -0.25) is 9.69 Å². The molecule has 28 heavy (non-hydrogen) atoms. The van der Waals surface area contributed by atoms with Crippen LogP contribution in [0, 0.1) is 12.8 Å². The Morgan fingerprint density at radius 3 is 2.93 bits per heavy atom. The molecule has 1 N–H and O–H groups in total. The van der Waals surface area contributed by atoms with Crippen molar-refractivity contribution in [1.82, 2.24) is 9.88 Å². The molecule has 1 saturated heterocycles. The summed E-state index contributed by atoms with van der Waals surface area (Å²) in [6, 6.07) is 1.78. The Bertz CT molecular complexity index is 1070. The van der Waals surface area contributed by atoms with Crippen LogP contribution < -0.4 is 5.43 Å². The minimum atomic E-state index is -0.0847. The van der Waals surface area contributed by atoms with Gasteiger partial charge in [-0.2, -0.15) is 0 Å². The smallest absolute Gasteiger partial charge is 0.202 e. The number of phenols is 1. The van der Waals surface area contributed by atoms with Gasteiger partial charge in [-0.05, 0) is 50.3 Å². The number of likely N-dealkylation sites (tertiary alicyclic amines) is 1. The number of aryl methyl sites for hydroxylation is 2. The number of thiazole rings is 1. The highest BCUT2D eigenvalue weighted by molar-refractivity contribution is 7.13. The summed E-state index contributed by atoms with van der Waals surface area (Å²) in [6.07, 6.45) is 4.55. The Hall–Kier alpha value is -2.18. The number of fused-ring (bicyclic) bond motifs is 1. The molecule has 0 aliphatic carbocycles. The lowest BCUT2D eigenvalue weighted by atomic mass is 9.97. The van der Waals surface area contributed by atoms with E-state index in [1.807, 2.05) is 19.2 Å². The molecule has 6 heteroatoms. The fraction of sp³-hybridized carbons (Fsp3) is 0.455. The molecule has 1 fully saturated rings. The lowest BCUT2D eigenvalue weighted by Gasteiger charge is -2.31. The molecule has 0 bridgehead atoms. The van der Waals surface area contributed by atoms with Crippen LogP contribution in [0.4, 0.5) is 0 Å². The maximum absolute atomic E-state index is 13.2. The summed E-state index contributed by atoms with van der Waals surface area (Å²) in [6.45, 7) is 8.76. The van der Waals surface area contributed by atoms with Crippen LogP contribution in [0.5, 0.6) is 5.75 Å². The van der Waals surface area contributed by atoms with Gasteiger partial charge in [0.25, 0.3) is 0 Å². The Kier molecular flexibility index (Phi) is 5.25. The molecule has 0 spiro atoms. The fourth-order valence-corrected chi connectivity index (χ4v) is 4.89. The highest BCUT2D eigenvalue weighted by Gasteiger charge is 2.23. The first-order chi connectivity index (χ1) is 13.5. The van der Waals surface area contributed by atoms with Crippen molar-refractivity contribution < 1.29 is 9.52 Å². The highest BCUT2D eigenvalue weighted by Crippen LogP contribution is 2.34. The second kappa shape index (κ2) is 7.68. The van der Waals surface area contributed by atoms with Crippen LogP contribution in [0.3, 0.4) is 0 Å². The van der Waals surface area contributed by atoms with Gasteiger partial charge in [0.15, 0.2) is 0 Å². The summed E-state index contributed by atoms with van der Waals surface area (Å²) in [5.41, 5.74) is 3.29. The van der Waals surface area contributed by atoms with Crippen LogP contribution in [-0.4, -0.2) is 28.1 Å². The zero-order chi connectivity index (χ0) is 19.8. The minimum absolute atomic E-state index is 0.0847. The first-order valence-electron chi connectivity index (χ1n) is 9.92. The molecule has 0 amide bonds. The molecule has 3 heterocycles. The number of rotatable bonds is 4. The van der Waals surface area contributed by atoms with E-state index >= 15 is 0 Å². The van der Waals surface area contributed by atoms with E-state index in [1.54, 1.807) is 6.07 Å². The zero-order valence-corrected chi connectivity index (χ0v) is 17.4. The molecule has 148 valence electrons. The number of hydrogen-bond acceptors (Lipinski definition) is 6. The largest absolute Gasteiger partial charge is 0.507 e. The molecule has 1 aromatic carbocycles. The molecule has 4 rings (SSSR count).